The van der Waals surface area contributed by atoms with Crippen LogP contribution in [-0.4, -0.2) is 5.11 Å². The third-order valence-electron chi connectivity index (χ3n) is 3.44. The smallest absolute Gasteiger partial charge is 0.0812 e. The zero-order valence-corrected chi connectivity index (χ0v) is 10.1. The first-order chi connectivity index (χ1) is 7.66. The van der Waals surface area contributed by atoms with Gasteiger partial charge in [0.05, 0.1) is 6.10 Å². The van der Waals surface area contributed by atoms with Crippen molar-refractivity contribution in [2.24, 2.45) is 5.92 Å². The van der Waals surface area contributed by atoms with Gasteiger partial charge in [-0.2, -0.15) is 0 Å². The van der Waals surface area contributed by atoms with Crippen molar-refractivity contribution in [2.75, 3.05) is 5.73 Å². The number of nitrogen functional groups attached to an aromatic ring is 1. The molecule has 0 aromatic heterocycles. The molecule has 0 saturated heterocycles. The molecule has 0 amide bonds. The lowest BCUT2D eigenvalue weighted by molar-refractivity contribution is 0.145. The average Bonchev–Trinajstić information content (AvgIpc) is 2.70. The molecule has 16 heavy (non-hydrogen) atoms. The Balaban J connectivity index is 2.04. The fourth-order valence-electron chi connectivity index (χ4n) is 2.54. The molecule has 0 bridgehead atoms. The minimum absolute atomic E-state index is 0.444. The van der Waals surface area contributed by atoms with Crippen LogP contribution < -0.4 is 5.73 Å². The van der Waals surface area contributed by atoms with Gasteiger partial charge in [-0.15, -0.1) is 0 Å². The summed E-state index contributed by atoms with van der Waals surface area (Å²) in [5.41, 5.74) is 7.26. The molecule has 1 saturated carbocycles. The highest BCUT2D eigenvalue weighted by molar-refractivity contribution is 6.30. The summed E-state index contributed by atoms with van der Waals surface area (Å²) in [5.74, 6) is 0.657. The minimum Gasteiger partial charge on any atom is -0.398 e. The summed E-state index contributed by atoms with van der Waals surface area (Å²) in [6.45, 7) is 0. The third kappa shape index (κ3) is 2.69. The van der Waals surface area contributed by atoms with E-state index in [-0.39, 0.29) is 0 Å². The summed E-state index contributed by atoms with van der Waals surface area (Å²) in [6.07, 6.45) is 5.46. The molecule has 1 aliphatic carbocycles. The Morgan fingerprint density at radius 2 is 2.06 bits per heavy atom. The lowest BCUT2D eigenvalue weighted by Gasteiger charge is -2.17. The predicted octanol–water partition coefficient (Wildman–Crippen LogP) is 3.54. The molecule has 1 aliphatic rings. The number of anilines is 1. The fraction of sp³-hybridized carbons (Fsp3) is 0.538. The van der Waals surface area contributed by atoms with Crippen molar-refractivity contribution in [3.8, 4) is 0 Å². The van der Waals surface area contributed by atoms with Crippen molar-refractivity contribution >= 4 is 17.3 Å². The summed E-state index contributed by atoms with van der Waals surface area (Å²) >= 11 is 5.83. The summed E-state index contributed by atoms with van der Waals surface area (Å²) in [5, 5.41) is 10.7. The zero-order chi connectivity index (χ0) is 11.5. The number of hydrogen-bond donors (Lipinski definition) is 2. The summed E-state index contributed by atoms with van der Waals surface area (Å²) in [6, 6.07) is 5.32. The van der Waals surface area contributed by atoms with Gasteiger partial charge in [0.2, 0.25) is 0 Å². The first kappa shape index (κ1) is 11.7. The van der Waals surface area contributed by atoms with E-state index in [1.165, 1.54) is 25.7 Å². The van der Waals surface area contributed by atoms with Crippen LogP contribution in [0.4, 0.5) is 5.69 Å². The number of rotatable bonds is 3. The average molecular weight is 240 g/mol. The van der Waals surface area contributed by atoms with Gasteiger partial charge in [-0.3, -0.25) is 0 Å². The van der Waals surface area contributed by atoms with E-state index in [1.54, 1.807) is 12.1 Å². The molecule has 1 fully saturated rings. The highest BCUT2D eigenvalue weighted by Crippen LogP contribution is 2.34. The second kappa shape index (κ2) is 5.07. The highest BCUT2D eigenvalue weighted by atomic mass is 35.5. The summed E-state index contributed by atoms with van der Waals surface area (Å²) in [7, 11) is 0. The van der Waals surface area contributed by atoms with Crippen LogP contribution in [0.3, 0.4) is 0 Å². The Morgan fingerprint density at radius 3 is 2.69 bits per heavy atom. The van der Waals surface area contributed by atoms with E-state index in [2.05, 4.69) is 0 Å². The maximum atomic E-state index is 10.1. The molecule has 0 aliphatic heterocycles. The van der Waals surface area contributed by atoms with E-state index >= 15 is 0 Å². The largest absolute Gasteiger partial charge is 0.398 e. The molecule has 2 rings (SSSR count). The monoisotopic (exact) mass is 239 g/mol. The standard InChI is InChI=1S/C13H18ClNO/c14-10-5-6-11(12(15)8-10)13(16)7-9-3-1-2-4-9/h5-6,8-9,13,16H,1-4,7,15H2. The number of aliphatic hydroxyl groups is 1. The molecule has 2 nitrogen and oxygen atoms in total. The first-order valence-electron chi connectivity index (χ1n) is 5.90. The van der Waals surface area contributed by atoms with Crippen molar-refractivity contribution in [1.29, 1.82) is 0 Å². The van der Waals surface area contributed by atoms with Crippen LogP contribution in [0.15, 0.2) is 18.2 Å². The van der Waals surface area contributed by atoms with Gasteiger partial charge in [-0.05, 0) is 24.5 Å². The van der Waals surface area contributed by atoms with E-state index in [9.17, 15) is 5.11 Å². The lowest BCUT2D eigenvalue weighted by Crippen LogP contribution is -2.06. The molecule has 3 heteroatoms. The SMILES string of the molecule is Nc1cc(Cl)ccc1C(O)CC1CCCC1. The molecule has 1 aromatic rings. The number of nitrogens with two attached hydrogens (primary N) is 1. The molecule has 1 unspecified atom stereocenters. The zero-order valence-electron chi connectivity index (χ0n) is 9.32. The molecule has 3 N–H and O–H groups in total. The van der Waals surface area contributed by atoms with Crippen molar-refractivity contribution in [3.63, 3.8) is 0 Å². The van der Waals surface area contributed by atoms with Crippen molar-refractivity contribution in [2.45, 2.75) is 38.2 Å². The minimum atomic E-state index is -0.444. The van der Waals surface area contributed by atoms with Crippen LogP contribution in [0.2, 0.25) is 5.02 Å². The number of halogens is 1. The van der Waals surface area contributed by atoms with Crippen molar-refractivity contribution < 1.29 is 5.11 Å². The van der Waals surface area contributed by atoms with Gasteiger partial charge >= 0.3 is 0 Å². The van der Waals surface area contributed by atoms with Gasteiger partial charge in [-0.1, -0.05) is 43.4 Å². The van der Waals surface area contributed by atoms with E-state index in [1.807, 2.05) is 6.07 Å². The van der Waals surface area contributed by atoms with Crippen LogP contribution in [0.25, 0.3) is 0 Å². The van der Waals surface area contributed by atoms with Crippen LogP contribution in [-0.2, 0) is 0 Å². The highest BCUT2D eigenvalue weighted by Gasteiger charge is 2.20. The molecular formula is C13H18ClNO. The molecule has 1 atom stereocenters. The van der Waals surface area contributed by atoms with Gasteiger partial charge in [-0.25, -0.2) is 0 Å². The Labute approximate surface area is 101 Å². The molecule has 0 radical (unpaired) electrons. The molecule has 88 valence electrons. The lowest BCUT2D eigenvalue weighted by atomic mass is 9.95. The number of aliphatic hydroxyl groups excluding tert-OH is 1. The second-order valence-corrected chi connectivity index (χ2v) is 5.11. The Hall–Kier alpha value is -0.730. The van der Waals surface area contributed by atoms with Crippen LogP contribution >= 0.6 is 11.6 Å². The first-order valence-corrected chi connectivity index (χ1v) is 6.27. The normalized spacial score (nSPS) is 18.9. The topological polar surface area (TPSA) is 46.2 Å². The number of hydrogen-bond acceptors (Lipinski definition) is 2. The Morgan fingerprint density at radius 1 is 1.38 bits per heavy atom. The quantitative estimate of drug-likeness (QED) is 0.793. The third-order valence-corrected chi connectivity index (χ3v) is 3.67. The summed E-state index contributed by atoms with van der Waals surface area (Å²) in [4.78, 5) is 0. The molecule has 1 aromatic carbocycles. The van der Waals surface area contributed by atoms with Gasteiger partial charge in [0, 0.05) is 16.3 Å². The van der Waals surface area contributed by atoms with Crippen LogP contribution in [0.5, 0.6) is 0 Å². The Kier molecular flexibility index (Phi) is 3.72. The molecule has 0 heterocycles. The van der Waals surface area contributed by atoms with E-state index < -0.39 is 6.10 Å². The van der Waals surface area contributed by atoms with Crippen LogP contribution in [0.1, 0.15) is 43.8 Å². The van der Waals surface area contributed by atoms with Crippen molar-refractivity contribution in [1.82, 2.24) is 0 Å². The van der Waals surface area contributed by atoms with Gasteiger partial charge < -0.3 is 10.8 Å². The Bertz CT molecular complexity index is 361. The van der Waals surface area contributed by atoms with Gasteiger partial charge in [0.25, 0.3) is 0 Å². The van der Waals surface area contributed by atoms with E-state index in [4.69, 9.17) is 17.3 Å². The van der Waals surface area contributed by atoms with E-state index in [0.29, 0.717) is 16.6 Å². The van der Waals surface area contributed by atoms with Crippen molar-refractivity contribution in [3.05, 3.63) is 28.8 Å². The second-order valence-electron chi connectivity index (χ2n) is 4.68. The predicted molar refractivity (Wildman–Crippen MR) is 67.4 cm³/mol. The molecule has 0 spiro atoms. The van der Waals surface area contributed by atoms with Crippen LogP contribution in [0, 0.1) is 5.92 Å². The maximum absolute atomic E-state index is 10.1. The van der Waals surface area contributed by atoms with Gasteiger partial charge in [0.15, 0.2) is 0 Å². The number of benzene rings is 1. The fourth-order valence-corrected chi connectivity index (χ4v) is 2.72. The van der Waals surface area contributed by atoms with E-state index in [0.717, 1.165) is 12.0 Å². The summed E-state index contributed by atoms with van der Waals surface area (Å²) < 4.78 is 0. The van der Waals surface area contributed by atoms with Gasteiger partial charge in [0.1, 0.15) is 0 Å². The molecular weight excluding hydrogens is 222 g/mol. The maximum Gasteiger partial charge on any atom is 0.0812 e.